The molecule has 0 bridgehead atoms. The molecule has 0 aromatic carbocycles. The highest BCUT2D eigenvalue weighted by Crippen LogP contribution is 2.31. The molecule has 1 aliphatic carbocycles. The molecule has 0 unspecified atom stereocenters. The fraction of sp³-hybridized carbons (Fsp3) is 0.500. The van der Waals surface area contributed by atoms with Crippen LogP contribution in [0.5, 0.6) is 0 Å². The first-order valence-electron chi connectivity index (χ1n) is 5.78. The van der Waals surface area contributed by atoms with Crippen molar-refractivity contribution >= 4 is 23.4 Å². The minimum Gasteiger partial charge on any atom is -0.478 e. The molecule has 5 heteroatoms. The van der Waals surface area contributed by atoms with Crippen LogP contribution in [0.4, 0.5) is 5.69 Å². The van der Waals surface area contributed by atoms with Crippen LogP contribution in [0.2, 0.25) is 0 Å². The number of aromatic nitrogens is 1. The molecule has 2 rings (SSSR count). The predicted molar refractivity (Wildman–Crippen MR) is 68.3 cm³/mol. The molecule has 1 aliphatic rings. The minimum atomic E-state index is -0.960. The molecule has 0 saturated heterocycles. The quantitative estimate of drug-likeness (QED) is 0.806. The van der Waals surface area contributed by atoms with Crippen LogP contribution in [0.3, 0.4) is 0 Å². The number of nitrogens with two attached hydrogens (primary N) is 1. The molecule has 3 N–H and O–H groups in total. The summed E-state index contributed by atoms with van der Waals surface area (Å²) in [5.41, 5.74) is 6.16. The first-order valence-corrected chi connectivity index (χ1v) is 6.77. The number of rotatable bonds is 4. The van der Waals surface area contributed by atoms with Crippen molar-refractivity contribution in [2.75, 3.05) is 11.5 Å². The van der Waals surface area contributed by atoms with Gasteiger partial charge in [-0.1, -0.05) is 12.8 Å². The van der Waals surface area contributed by atoms with Crippen LogP contribution in [-0.4, -0.2) is 21.8 Å². The lowest BCUT2D eigenvalue weighted by molar-refractivity contribution is 0.0692. The van der Waals surface area contributed by atoms with Crippen LogP contribution in [0.1, 0.15) is 36.0 Å². The number of nitrogens with zero attached hydrogens (tertiary/aromatic N) is 1. The zero-order valence-corrected chi connectivity index (χ0v) is 10.4. The second-order valence-electron chi connectivity index (χ2n) is 4.39. The summed E-state index contributed by atoms with van der Waals surface area (Å²) < 4.78 is 0. The highest BCUT2D eigenvalue weighted by Gasteiger charge is 2.18. The molecule has 17 heavy (non-hydrogen) atoms. The van der Waals surface area contributed by atoms with E-state index in [0.29, 0.717) is 16.6 Å². The van der Waals surface area contributed by atoms with Crippen molar-refractivity contribution in [2.24, 2.45) is 5.92 Å². The number of carbonyl (C=O) groups is 1. The van der Waals surface area contributed by atoms with Gasteiger partial charge in [0, 0.05) is 5.75 Å². The third kappa shape index (κ3) is 3.12. The Labute approximate surface area is 105 Å². The Morgan fingerprint density at radius 2 is 2.24 bits per heavy atom. The molecule has 4 nitrogen and oxygen atoms in total. The fourth-order valence-corrected chi connectivity index (χ4v) is 3.27. The van der Waals surface area contributed by atoms with Gasteiger partial charge < -0.3 is 10.8 Å². The van der Waals surface area contributed by atoms with E-state index in [1.54, 1.807) is 0 Å². The maximum atomic E-state index is 11.1. The average molecular weight is 252 g/mol. The topological polar surface area (TPSA) is 76.2 Å². The van der Waals surface area contributed by atoms with Gasteiger partial charge in [-0.2, -0.15) is 0 Å². The molecule has 92 valence electrons. The summed E-state index contributed by atoms with van der Waals surface area (Å²) in [4.78, 5) is 15.2. The van der Waals surface area contributed by atoms with E-state index in [-0.39, 0.29) is 5.56 Å². The van der Waals surface area contributed by atoms with Crippen LogP contribution in [-0.2, 0) is 0 Å². The van der Waals surface area contributed by atoms with Crippen molar-refractivity contribution in [3.63, 3.8) is 0 Å². The number of aromatic carboxylic acids is 1. The lowest BCUT2D eigenvalue weighted by Crippen LogP contribution is -2.04. The first-order chi connectivity index (χ1) is 8.16. The van der Waals surface area contributed by atoms with Crippen LogP contribution < -0.4 is 5.73 Å². The third-order valence-electron chi connectivity index (χ3n) is 3.03. The molecule has 0 spiro atoms. The molecule has 0 amide bonds. The fourth-order valence-electron chi connectivity index (χ4n) is 2.11. The summed E-state index contributed by atoms with van der Waals surface area (Å²) >= 11 is 1.53. The molecule has 0 aliphatic heterocycles. The summed E-state index contributed by atoms with van der Waals surface area (Å²) in [6.07, 6.45) is 6.62. The van der Waals surface area contributed by atoms with E-state index in [0.717, 1.165) is 5.75 Å². The second kappa shape index (κ2) is 5.40. The molecule has 1 aromatic heterocycles. The molecule has 1 saturated carbocycles. The van der Waals surface area contributed by atoms with Gasteiger partial charge in [-0.15, -0.1) is 11.8 Å². The van der Waals surface area contributed by atoms with E-state index >= 15 is 0 Å². The Morgan fingerprint density at radius 3 is 2.88 bits per heavy atom. The van der Waals surface area contributed by atoms with Crippen LogP contribution in [0.15, 0.2) is 17.3 Å². The monoisotopic (exact) mass is 252 g/mol. The smallest absolute Gasteiger partial charge is 0.338 e. The summed E-state index contributed by atoms with van der Waals surface area (Å²) in [6.45, 7) is 0. The predicted octanol–water partition coefficient (Wildman–Crippen LogP) is 2.64. The lowest BCUT2D eigenvalue weighted by atomic mass is 10.1. The third-order valence-corrected chi connectivity index (χ3v) is 4.27. The number of hydrogen-bond donors (Lipinski definition) is 2. The minimum absolute atomic E-state index is 0.216. The van der Waals surface area contributed by atoms with Gasteiger partial charge in [0.25, 0.3) is 0 Å². The number of carboxylic acids is 1. The summed E-state index contributed by atoms with van der Waals surface area (Å²) in [5, 5.41) is 9.66. The van der Waals surface area contributed by atoms with Crippen LogP contribution in [0.25, 0.3) is 0 Å². The van der Waals surface area contributed by atoms with E-state index < -0.39 is 5.97 Å². The van der Waals surface area contributed by atoms with Crippen molar-refractivity contribution in [2.45, 2.75) is 30.7 Å². The van der Waals surface area contributed by atoms with Crippen molar-refractivity contribution in [3.8, 4) is 0 Å². The Bertz CT molecular complexity index is 417. The second-order valence-corrected chi connectivity index (χ2v) is 5.40. The Kier molecular flexibility index (Phi) is 3.89. The van der Waals surface area contributed by atoms with Gasteiger partial charge in [-0.05, 0) is 24.8 Å². The van der Waals surface area contributed by atoms with Crippen molar-refractivity contribution in [1.82, 2.24) is 4.98 Å². The van der Waals surface area contributed by atoms with E-state index in [4.69, 9.17) is 10.8 Å². The van der Waals surface area contributed by atoms with Gasteiger partial charge in [0.2, 0.25) is 0 Å². The highest BCUT2D eigenvalue weighted by atomic mass is 32.2. The molecule has 0 atom stereocenters. The summed E-state index contributed by atoms with van der Waals surface area (Å²) in [5.74, 6) is 0.705. The molecule has 0 radical (unpaired) electrons. The van der Waals surface area contributed by atoms with E-state index in [1.165, 1.54) is 49.7 Å². The Hall–Kier alpha value is -1.23. The van der Waals surface area contributed by atoms with Crippen LogP contribution >= 0.6 is 11.8 Å². The van der Waals surface area contributed by atoms with E-state index in [1.807, 2.05) is 0 Å². The molecule has 1 heterocycles. The highest BCUT2D eigenvalue weighted by molar-refractivity contribution is 7.99. The van der Waals surface area contributed by atoms with Gasteiger partial charge in [-0.3, -0.25) is 0 Å². The summed E-state index contributed by atoms with van der Waals surface area (Å²) in [6, 6.07) is 1.48. The first kappa shape index (κ1) is 12.2. The zero-order valence-electron chi connectivity index (χ0n) is 9.56. The zero-order chi connectivity index (χ0) is 12.3. The van der Waals surface area contributed by atoms with Gasteiger partial charge >= 0.3 is 5.97 Å². The van der Waals surface area contributed by atoms with Gasteiger partial charge in [0.05, 0.1) is 17.4 Å². The number of pyridine rings is 1. The maximum absolute atomic E-state index is 11.1. The number of anilines is 1. The molecular formula is C12H16N2O2S. The summed E-state index contributed by atoms with van der Waals surface area (Å²) in [7, 11) is 0. The number of nitrogen functional groups attached to an aromatic ring is 1. The average Bonchev–Trinajstić information content (AvgIpc) is 2.80. The van der Waals surface area contributed by atoms with Gasteiger partial charge in [0.15, 0.2) is 0 Å². The molecule has 1 fully saturated rings. The number of thioether (sulfide) groups is 1. The van der Waals surface area contributed by atoms with Crippen LogP contribution in [0, 0.1) is 5.92 Å². The number of carboxylic acid groups (broad SMARTS) is 1. The largest absolute Gasteiger partial charge is 0.478 e. The van der Waals surface area contributed by atoms with Gasteiger partial charge in [0.1, 0.15) is 5.03 Å². The lowest BCUT2D eigenvalue weighted by Gasteiger charge is -2.09. The Balaban J connectivity index is 2.06. The Morgan fingerprint density at radius 1 is 1.53 bits per heavy atom. The van der Waals surface area contributed by atoms with Crippen molar-refractivity contribution in [1.29, 1.82) is 0 Å². The van der Waals surface area contributed by atoms with Crippen molar-refractivity contribution in [3.05, 3.63) is 17.8 Å². The van der Waals surface area contributed by atoms with Gasteiger partial charge in [-0.25, -0.2) is 9.78 Å². The standard InChI is InChI=1S/C12H16N2O2S/c13-9-5-10(12(15)16)11(14-6-9)17-7-8-3-1-2-4-8/h5-6,8H,1-4,7,13H2,(H,15,16). The number of hydrogen-bond acceptors (Lipinski definition) is 4. The molecule has 1 aromatic rings. The van der Waals surface area contributed by atoms with E-state index in [2.05, 4.69) is 4.98 Å². The molecular weight excluding hydrogens is 236 g/mol. The normalized spacial score (nSPS) is 16.2. The van der Waals surface area contributed by atoms with Crippen molar-refractivity contribution < 1.29 is 9.90 Å². The maximum Gasteiger partial charge on any atom is 0.338 e. The SMILES string of the molecule is Nc1cnc(SCC2CCCC2)c(C(=O)O)c1. The van der Waals surface area contributed by atoms with E-state index in [9.17, 15) is 4.79 Å².